The second-order valence-electron chi connectivity index (χ2n) is 6.59. The number of aromatic nitrogens is 2. The molecule has 1 atom stereocenters. The summed E-state index contributed by atoms with van der Waals surface area (Å²) in [6.45, 7) is 10.5. The summed E-state index contributed by atoms with van der Waals surface area (Å²) in [4.78, 5) is 2.66. The van der Waals surface area contributed by atoms with Gasteiger partial charge in [-0.1, -0.05) is 13.8 Å². The van der Waals surface area contributed by atoms with Crippen LogP contribution in [0, 0.1) is 5.41 Å². The normalized spacial score (nSPS) is 26.9. The summed E-state index contributed by atoms with van der Waals surface area (Å²) < 4.78 is 2.09. The quantitative estimate of drug-likeness (QED) is 0.909. The molecule has 0 aromatic carbocycles. The van der Waals surface area contributed by atoms with Crippen molar-refractivity contribution in [2.24, 2.45) is 12.5 Å². The van der Waals surface area contributed by atoms with Gasteiger partial charge in [-0.15, -0.1) is 0 Å². The van der Waals surface area contributed by atoms with Crippen LogP contribution in [0.2, 0.25) is 0 Å². The van der Waals surface area contributed by atoms with Crippen LogP contribution in [-0.2, 0) is 26.4 Å². The van der Waals surface area contributed by atoms with Crippen LogP contribution in [0.15, 0.2) is 0 Å². The SMILES string of the molecule is CCc1nn(C)c(CC)c1CN1CCC2(CCNC2)C1. The maximum absolute atomic E-state index is 4.71. The molecule has 3 rings (SSSR count). The van der Waals surface area contributed by atoms with Gasteiger partial charge >= 0.3 is 0 Å². The monoisotopic (exact) mass is 276 g/mol. The minimum atomic E-state index is 0.570. The summed E-state index contributed by atoms with van der Waals surface area (Å²) in [5, 5.41) is 8.25. The molecule has 20 heavy (non-hydrogen) atoms. The molecule has 2 aliphatic heterocycles. The van der Waals surface area contributed by atoms with Gasteiger partial charge in [0.1, 0.15) is 0 Å². The molecule has 0 saturated carbocycles. The van der Waals surface area contributed by atoms with Crippen LogP contribution in [0.3, 0.4) is 0 Å². The van der Waals surface area contributed by atoms with Gasteiger partial charge in [-0.2, -0.15) is 5.10 Å². The molecule has 1 spiro atoms. The number of likely N-dealkylation sites (tertiary alicyclic amines) is 1. The van der Waals surface area contributed by atoms with E-state index in [9.17, 15) is 0 Å². The second-order valence-corrected chi connectivity index (χ2v) is 6.59. The fraction of sp³-hybridized carbons (Fsp3) is 0.812. The number of aryl methyl sites for hydroxylation is 2. The molecule has 4 nitrogen and oxygen atoms in total. The highest BCUT2D eigenvalue weighted by Crippen LogP contribution is 2.37. The molecule has 2 saturated heterocycles. The van der Waals surface area contributed by atoms with Crippen molar-refractivity contribution in [1.82, 2.24) is 20.0 Å². The summed E-state index contributed by atoms with van der Waals surface area (Å²) in [5.41, 5.74) is 4.80. The largest absolute Gasteiger partial charge is 0.316 e. The molecule has 0 bridgehead atoms. The van der Waals surface area contributed by atoms with E-state index in [-0.39, 0.29) is 0 Å². The molecule has 1 aromatic heterocycles. The first kappa shape index (κ1) is 14.1. The van der Waals surface area contributed by atoms with Gasteiger partial charge in [0.25, 0.3) is 0 Å². The summed E-state index contributed by atoms with van der Waals surface area (Å²) in [5.74, 6) is 0. The molecule has 4 heteroatoms. The Labute approximate surface area is 122 Å². The summed E-state index contributed by atoms with van der Waals surface area (Å²) in [6.07, 6.45) is 4.85. The Morgan fingerprint density at radius 1 is 1.25 bits per heavy atom. The standard InChI is InChI=1S/C16H28N4/c1-4-14-13(15(5-2)19(3)18-14)10-20-9-7-16(12-20)6-8-17-11-16/h17H,4-12H2,1-3H3. The van der Waals surface area contributed by atoms with Crippen LogP contribution in [-0.4, -0.2) is 40.9 Å². The van der Waals surface area contributed by atoms with E-state index in [1.54, 1.807) is 0 Å². The zero-order chi connectivity index (χ0) is 14.2. The van der Waals surface area contributed by atoms with Gasteiger partial charge in [-0.3, -0.25) is 9.58 Å². The number of hydrogen-bond donors (Lipinski definition) is 1. The highest BCUT2D eigenvalue weighted by atomic mass is 15.3. The first-order chi connectivity index (χ1) is 9.67. The molecular weight excluding hydrogens is 248 g/mol. The van der Waals surface area contributed by atoms with E-state index < -0.39 is 0 Å². The van der Waals surface area contributed by atoms with Gasteiger partial charge in [0.2, 0.25) is 0 Å². The first-order valence-electron chi connectivity index (χ1n) is 8.14. The first-order valence-corrected chi connectivity index (χ1v) is 8.14. The third kappa shape index (κ3) is 2.40. The van der Waals surface area contributed by atoms with Crippen LogP contribution in [0.5, 0.6) is 0 Å². The maximum Gasteiger partial charge on any atom is 0.0669 e. The Kier molecular flexibility index (Phi) is 3.87. The van der Waals surface area contributed by atoms with Crippen molar-refractivity contribution in [2.45, 2.75) is 46.1 Å². The molecular formula is C16H28N4. The zero-order valence-electron chi connectivity index (χ0n) is 13.2. The van der Waals surface area contributed by atoms with Crippen molar-refractivity contribution in [3.8, 4) is 0 Å². The average molecular weight is 276 g/mol. The third-order valence-electron chi connectivity index (χ3n) is 5.26. The fourth-order valence-electron chi connectivity index (χ4n) is 4.10. The summed E-state index contributed by atoms with van der Waals surface area (Å²) in [7, 11) is 2.09. The number of rotatable bonds is 4. The van der Waals surface area contributed by atoms with Gasteiger partial charge in [-0.25, -0.2) is 0 Å². The molecule has 1 N–H and O–H groups in total. The lowest BCUT2D eigenvalue weighted by atomic mass is 9.86. The van der Waals surface area contributed by atoms with Crippen molar-refractivity contribution < 1.29 is 0 Å². The molecule has 0 radical (unpaired) electrons. The Balaban J connectivity index is 1.75. The molecule has 2 aliphatic rings. The van der Waals surface area contributed by atoms with Crippen molar-refractivity contribution in [2.75, 3.05) is 26.2 Å². The minimum absolute atomic E-state index is 0.570. The fourth-order valence-corrected chi connectivity index (χ4v) is 4.10. The zero-order valence-corrected chi connectivity index (χ0v) is 13.2. The lowest BCUT2D eigenvalue weighted by molar-refractivity contribution is 0.267. The van der Waals surface area contributed by atoms with E-state index in [0.29, 0.717) is 5.41 Å². The second kappa shape index (κ2) is 5.49. The van der Waals surface area contributed by atoms with Crippen molar-refractivity contribution >= 4 is 0 Å². The molecule has 3 heterocycles. The molecule has 0 aliphatic carbocycles. The Morgan fingerprint density at radius 3 is 2.75 bits per heavy atom. The number of nitrogens with zero attached hydrogens (tertiary/aromatic N) is 3. The molecule has 1 aromatic rings. The maximum atomic E-state index is 4.71. The van der Waals surface area contributed by atoms with Gasteiger partial charge in [0, 0.05) is 37.9 Å². The average Bonchev–Trinajstić information content (AvgIpc) is 3.13. The van der Waals surface area contributed by atoms with Crippen LogP contribution in [0.25, 0.3) is 0 Å². The van der Waals surface area contributed by atoms with Gasteiger partial charge in [0.15, 0.2) is 0 Å². The van der Waals surface area contributed by atoms with Crippen molar-refractivity contribution in [3.05, 3.63) is 17.0 Å². The molecule has 1 unspecified atom stereocenters. The van der Waals surface area contributed by atoms with E-state index in [1.165, 1.54) is 56.0 Å². The third-order valence-corrected chi connectivity index (χ3v) is 5.26. The van der Waals surface area contributed by atoms with Gasteiger partial charge in [-0.05, 0) is 44.2 Å². The van der Waals surface area contributed by atoms with E-state index >= 15 is 0 Å². The van der Waals surface area contributed by atoms with Gasteiger partial charge in [0.05, 0.1) is 5.69 Å². The lowest BCUT2D eigenvalue weighted by Gasteiger charge is -2.23. The predicted octanol–water partition coefficient (Wildman–Crippen LogP) is 1.73. The van der Waals surface area contributed by atoms with E-state index in [2.05, 4.69) is 35.8 Å². The minimum Gasteiger partial charge on any atom is -0.316 e. The molecule has 0 amide bonds. The summed E-state index contributed by atoms with van der Waals surface area (Å²) >= 11 is 0. The van der Waals surface area contributed by atoms with Crippen LogP contribution < -0.4 is 5.32 Å². The smallest absolute Gasteiger partial charge is 0.0669 e. The molecule has 112 valence electrons. The van der Waals surface area contributed by atoms with E-state index in [4.69, 9.17) is 5.10 Å². The number of hydrogen-bond acceptors (Lipinski definition) is 3. The molecule has 2 fully saturated rings. The topological polar surface area (TPSA) is 33.1 Å². The van der Waals surface area contributed by atoms with Crippen LogP contribution in [0.1, 0.15) is 43.6 Å². The summed E-state index contributed by atoms with van der Waals surface area (Å²) in [6, 6.07) is 0. The Hall–Kier alpha value is -0.870. The van der Waals surface area contributed by atoms with Crippen LogP contribution >= 0.6 is 0 Å². The van der Waals surface area contributed by atoms with E-state index in [1.807, 2.05) is 0 Å². The Bertz CT molecular complexity index is 471. The van der Waals surface area contributed by atoms with Crippen molar-refractivity contribution in [3.63, 3.8) is 0 Å². The van der Waals surface area contributed by atoms with Crippen LogP contribution in [0.4, 0.5) is 0 Å². The van der Waals surface area contributed by atoms with E-state index in [0.717, 1.165) is 19.4 Å². The number of nitrogens with one attached hydrogen (secondary N) is 1. The van der Waals surface area contributed by atoms with Crippen molar-refractivity contribution in [1.29, 1.82) is 0 Å². The predicted molar refractivity (Wildman–Crippen MR) is 81.8 cm³/mol. The highest BCUT2D eigenvalue weighted by Gasteiger charge is 2.40. The lowest BCUT2D eigenvalue weighted by Crippen LogP contribution is -2.29. The Morgan fingerprint density at radius 2 is 2.10 bits per heavy atom. The highest BCUT2D eigenvalue weighted by molar-refractivity contribution is 5.27. The van der Waals surface area contributed by atoms with Gasteiger partial charge < -0.3 is 5.32 Å².